The van der Waals surface area contributed by atoms with Crippen molar-refractivity contribution in [1.29, 1.82) is 0 Å². The summed E-state index contributed by atoms with van der Waals surface area (Å²) in [6.07, 6.45) is 0. The molecule has 2 heterocycles. The number of furan rings is 2. The lowest BCUT2D eigenvalue weighted by molar-refractivity contribution is 0.656. The van der Waals surface area contributed by atoms with Crippen LogP contribution in [0.2, 0.25) is 0 Å². The SMILES string of the molecule is CC(C)c1ccc(N(c2ccc3cc4c(cc3c2)oc2cc3oc5cc6cc(N(c7ccc(C(C)C)cc7)c7cccc8c7-c7ccccc7C8(C)C)ccc6cc5c3cc24)c2cccc3c2-c2ccccc2C3(C)C)cc1. The summed E-state index contributed by atoms with van der Waals surface area (Å²) in [7, 11) is 0. The van der Waals surface area contributed by atoms with Gasteiger partial charge < -0.3 is 18.6 Å². The monoisotopic (exact) mass is 1010 g/mol. The summed E-state index contributed by atoms with van der Waals surface area (Å²) in [6.45, 7) is 18.4. The fraction of sp³-hybridized carbons (Fsp3) is 0.162. The second-order valence-electron chi connectivity index (χ2n) is 23.7. The first-order valence-electron chi connectivity index (χ1n) is 27.8. The fourth-order valence-corrected chi connectivity index (χ4v) is 13.5. The minimum atomic E-state index is -0.115. The maximum absolute atomic E-state index is 6.80. The molecule has 0 unspecified atom stereocenters. The Morgan fingerprint density at radius 2 is 0.692 bits per heavy atom. The van der Waals surface area contributed by atoms with Crippen LogP contribution in [0.5, 0.6) is 0 Å². The van der Waals surface area contributed by atoms with Gasteiger partial charge in [0.1, 0.15) is 22.3 Å². The van der Waals surface area contributed by atoms with E-state index < -0.39 is 0 Å². The van der Waals surface area contributed by atoms with Crippen molar-refractivity contribution in [3.8, 4) is 22.3 Å². The summed E-state index contributed by atoms with van der Waals surface area (Å²) in [4.78, 5) is 4.89. The summed E-state index contributed by atoms with van der Waals surface area (Å²) in [5, 5.41) is 8.89. The van der Waals surface area contributed by atoms with Crippen LogP contribution in [0.3, 0.4) is 0 Å². The minimum Gasteiger partial charge on any atom is -0.456 e. The Bertz CT molecular complexity index is 4330. The number of nitrogens with zero attached hydrogens (tertiary/aromatic N) is 2. The molecule has 2 aliphatic rings. The van der Waals surface area contributed by atoms with E-state index in [0.717, 1.165) is 88.2 Å². The maximum Gasteiger partial charge on any atom is 0.139 e. The average molecular weight is 1010 g/mol. The molecule has 2 aromatic heterocycles. The van der Waals surface area contributed by atoms with Gasteiger partial charge in [0.2, 0.25) is 0 Å². The van der Waals surface area contributed by atoms with E-state index in [2.05, 4.69) is 271 Å². The Hall–Kier alpha value is -8.86. The molecule has 0 aliphatic heterocycles. The van der Waals surface area contributed by atoms with Crippen molar-refractivity contribution in [3.05, 3.63) is 240 Å². The molecule has 78 heavy (non-hydrogen) atoms. The molecule has 4 nitrogen and oxygen atoms in total. The zero-order valence-corrected chi connectivity index (χ0v) is 45.5. The smallest absolute Gasteiger partial charge is 0.139 e. The molecule has 0 N–H and O–H groups in total. The van der Waals surface area contributed by atoms with Gasteiger partial charge in [-0.25, -0.2) is 0 Å². The number of benzene rings is 11. The minimum absolute atomic E-state index is 0.115. The van der Waals surface area contributed by atoms with Gasteiger partial charge in [-0.2, -0.15) is 0 Å². The van der Waals surface area contributed by atoms with Crippen molar-refractivity contribution in [1.82, 2.24) is 0 Å². The van der Waals surface area contributed by atoms with Crippen molar-refractivity contribution in [2.45, 2.75) is 78.1 Å². The zero-order chi connectivity index (χ0) is 52.9. The Labute approximate surface area is 455 Å². The normalized spacial score (nSPS) is 14.1. The van der Waals surface area contributed by atoms with Gasteiger partial charge in [-0.3, -0.25) is 0 Å². The molecule has 0 saturated heterocycles. The van der Waals surface area contributed by atoms with Crippen LogP contribution in [0.25, 0.3) is 87.7 Å². The van der Waals surface area contributed by atoms with Crippen molar-refractivity contribution >= 4 is 99.5 Å². The molecule has 0 saturated carbocycles. The molecule has 0 amide bonds. The summed E-state index contributed by atoms with van der Waals surface area (Å²) < 4.78 is 13.6. The maximum atomic E-state index is 6.80. The molecule has 0 fully saturated rings. The molecule has 11 aromatic carbocycles. The lowest BCUT2D eigenvalue weighted by Crippen LogP contribution is -2.16. The number of fused-ring (bicyclic) bond motifs is 14. The van der Waals surface area contributed by atoms with E-state index in [-0.39, 0.29) is 10.8 Å². The van der Waals surface area contributed by atoms with E-state index in [1.54, 1.807) is 0 Å². The Morgan fingerprint density at radius 3 is 1.12 bits per heavy atom. The third-order valence-corrected chi connectivity index (χ3v) is 17.8. The van der Waals surface area contributed by atoms with Gasteiger partial charge >= 0.3 is 0 Å². The number of rotatable bonds is 8. The Morgan fingerprint density at radius 1 is 0.321 bits per heavy atom. The summed E-state index contributed by atoms with van der Waals surface area (Å²) in [5.74, 6) is 0.879. The van der Waals surface area contributed by atoms with E-state index >= 15 is 0 Å². The van der Waals surface area contributed by atoms with Gasteiger partial charge in [0.05, 0.1) is 11.4 Å². The van der Waals surface area contributed by atoms with Gasteiger partial charge in [0, 0.05) is 72.3 Å². The van der Waals surface area contributed by atoms with Gasteiger partial charge in [-0.05, 0) is 169 Å². The molecule has 378 valence electrons. The highest BCUT2D eigenvalue weighted by atomic mass is 16.3. The molecule has 2 aliphatic carbocycles. The fourth-order valence-electron chi connectivity index (χ4n) is 13.5. The van der Waals surface area contributed by atoms with Crippen molar-refractivity contribution in [2.75, 3.05) is 9.80 Å². The molecule has 0 radical (unpaired) electrons. The Kier molecular flexibility index (Phi) is 10.0. The lowest BCUT2D eigenvalue weighted by Gasteiger charge is -2.29. The van der Waals surface area contributed by atoms with Gasteiger partial charge in [-0.1, -0.05) is 165 Å². The van der Waals surface area contributed by atoms with Crippen LogP contribution in [0.1, 0.15) is 101 Å². The number of hydrogen-bond donors (Lipinski definition) is 0. The van der Waals surface area contributed by atoms with Gasteiger partial charge in [-0.15, -0.1) is 0 Å². The molecular weight excluding hydrogens is 949 g/mol. The molecule has 0 atom stereocenters. The van der Waals surface area contributed by atoms with Crippen molar-refractivity contribution in [2.24, 2.45) is 0 Å². The van der Waals surface area contributed by atoms with Crippen LogP contribution in [0.15, 0.2) is 215 Å². The highest BCUT2D eigenvalue weighted by Crippen LogP contribution is 2.56. The molecular formula is C74H60N2O2. The zero-order valence-electron chi connectivity index (χ0n) is 45.5. The number of hydrogen-bond acceptors (Lipinski definition) is 4. The van der Waals surface area contributed by atoms with Crippen LogP contribution in [0.4, 0.5) is 34.1 Å². The first-order valence-corrected chi connectivity index (χ1v) is 27.8. The standard InChI is InChI=1S/C74H60N2O2/c1-43(2)45-23-29-51(30-24-45)75(65-21-13-19-63-71(65)55-15-9-11-17-61(55)73(63,5)6)53-33-27-47-37-57-59-41-60-58-38-48-28-34-54(36-50(48)40-68(58)78-70(60)42-69(59)77-67(57)39-49(47)35-53)76(52-31-25-46(26-32-52)44(3)4)66-22-14-20-64-72(66)56-16-10-12-18-62(56)74(64,7)8/h9-44H,1-8H3. The highest BCUT2D eigenvalue weighted by molar-refractivity contribution is 6.19. The molecule has 0 spiro atoms. The van der Waals surface area contributed by atoms with Crippen molar-refractivity contribution in [3.63, 3.8) is 0 Å². The topological polar surface area (TPSA) is 32.8 Å². The predicted molar refractivity (Wildman–Crippen MR) is 329 cm³/mol. The summed E-state index contributed by atoms with van der Waals surface area (Å²) >= 11 is 0. The highest BCUT2D eigenvalue weighted by Gasteiger charge is 2.39. The second-order valence-corrected chi connectivity index (χ2v) is 23.7. The van der Waals surface area contributed by atoms with Crippen molar-refractivity contribution < 1.29 is 8.83 Å². The number of anilines is 6. The van der Waals surface area contributed by atoms with E-state index in [1.165, 1.54) is 67.0 Å². The second kappa shape index (κ2) is 16.8. The quantitative estimate of drug-likeness (QED) is 0.152. The Balaban J connectivity index is 0.833. The third-order valence-electron chi connectivity index (χ3n) is 17.8. The molecule has 15 rings (SSSR count). The lowest BCUT2D eigenvalue weighted by atomic mass is 9.82. The largest absolute Gasteiger partial charge is 0.456 e. The van der Waals surface area contributed by atoms with Gasteiger partial charge in [0.25, 0.3) is 0 Å². The van der Waals surface area contributed by atoms with Crippen LogP contribution < -0.4 is 9.80 Å². The first-order chi connectivity index (χ1) is 37.8. The van der Waals surface area contributed by atoms with E-state index in [9.17, 15) is 0 Å². The first kappa shape index (κ1) is 46.4. The average Bonchev–Trinajstić information content (AvgIpc) is 4.31. The van der Waals surface area contributed by atoms with E-state index in [1.807, 2.05) is 0 Å². The van der Waals surface area contributed by atoms with E-state index in [0.29, 0.717) is 11.8 Å². The molecule has 0 bridgehead atoms. The van der Waals surface area contributed by atoms with Crippen LogP contribution in [-0.4, -0.2) is 0 Å². The molecule has 13 aromatic rings. The predicted octanol–water partition coefficient (Wildman–Crippen LogP) is 21.6. The molecule has 4 heteroatoms. The summed E-state index contributed by atoms with van der Waals surface area (Å²) in [5.41, 5.74) is 23.2. The summed E-state index contributed by atoms with van der Waals surface area (Å²) in [6, 6.07) is 76.9. The van der Waals surface area contributed by atoms with Crippen LogP contribution in [0, 0.1) is 0 Å². The van der Waals surface area contributed by atoms with Crippen LogP contribution >= 0.6 is 0 Å². The van der Waals surface area contributed by atoms with Crippen LogP contribution in [-0.2, 0) is 10.8 Å². The van der Waals surface area contributed by atoms with E-state index in [4.69, 9.17) is 8.83 Å². The van der Waals surface area contributed by atoms with Gasteiger partial charge in [0.15, 0.2) is 0 Å². The third kappa shape index (κ3) is 6.85.